The summed E-state index contributed by atoms with van der Waals surface area (Å²) in [5.41, 5.74) is 0.300. The summed E-state index contributed by atoms with van der Waals surface area (Å²) in [4.78, 5) is 0.0821. The minimum Gasteiger partial charge on any atom is -0.207 e. The topological polar surface area (TPSA) is 85.0 Å². The largest absolute Gasteiger partial charge is 0.244 e. The van der Waals surface area contributed by atoms with Gasteiger partial charge in [-0.1, -0.05) is 18.9 Å². The van der Waals surface area contributed by atoms with E-state index in [9.17, 15) is 8.42 Å². The van der Waals surface area contributed by atoms with Crippen LogP contribution in [-0.2, 0) is 10.0 Å². The van der Waals surface area contributed by atoms with Gasteiger partial charge in [-0.15, -0.1) is 0 Å². The first-order valence-electron chi connectivity index (χ1n) is 6.48. The molecule has 0 unspecified atom stereocenters. The standard InChI is InChI=1S/C14H15N3O2S/c15-8-9-17(13-5-1-2-6-13)20(18,19)14-7-3-4-12(10-14)11-16/h3-4,7,10,13H,1-2,5-6,9H2. The average molecular weight is 289 g/mol. The molecule has 0 radical (unpaired) electrons. The van der Waals surface area contributed by atoms with Crippen LogP contribution in [0.4, 0.5) is 0 Å². The molecule has 20 heavy (non-hydrogen) atoms. The van der Waals surface area contributed by atoms with Crippen molar-refractivity contribution in [3.8, 4) is 12.1 Å². The second-order valence-electron chi connectivity index (χ2n) is 4.79. The maximum atomic E-state index is 12.6. The Morgan fingerprint density at radius 2 is 1.95 bits per heavy atom. The van der Waals surface area contributed by atoms with E-state index < -0.39 is 10.0 Å². The first-order chi connectivity index (χ1) is 9.59. The maximum Gasteiger partial charge on any atom is 0.244 e. The number of sulfonamides is 1. The molecule has 2 rings (SSSR count). The zero-order chi connectivity index (χ0) is 14.6. The van der Waals surface area contributed by atoms with Crippen LogP contribution in [0.1, 0.15) is 31.2 Å². The quantitative estimate of drug-likeness (QED) is 0.794. The number of hydrogen-bond donors (Lipinski definition) is 0. The van der Waals surface area contributed by atoms with Crippen molar-refractivity contribution in [1.29, 1.82) is 10.5 Å². The van der Waals surface area contributed by atoms with Gasteiger partial charge in [-0.05, 0) is 31.0 Å². The van der Waals surface area contributed by atoms with Crippen molar-refractivity contribution < 1.29 is 8.42 Å². The second kappa shape index (κ2) is 6.04. The van der Waals surface area contributed by atoms with Crippen LogP contribution < -0.4 is 0 Å². The molecule has 0 N–H and O–H groups in total. The molecule has 0 aliphatic heterocycles. The van der Waals surface area contributed by atoms with Crippen molar-refractivity contribution in [2.45, 2.75) is 36.6 Å². The van der Waals surface area contributed by atoms with Crippen molar-refractivity contribution in [1.82, 2.24) is 4.31 Å². The van der Waals surface area contributed by atoms with E-state index in [4.69, 9.17) is 10.5 Å². The van der Waals surface area contributed by atoms with Crippen LogP contribution in [0.3, 0.4) is 0 Å². The third kappa shape index (κ3) is 2.82. The molecule has 0 spiro atoms. The summed E-state index contributed by atoms with van der Waals surface area (Å²) in [5.74, 6) is 0. The van der Waals surface area contributed by atoms with E-state index in [1.165, 1.54) is 16.4 Å². The summed E-state index contributed by atoms with van der Waals surface area (Å²) in [7, 11) is -3.72. The van der Waals surface area contributed by atoms with Crippen molar-refractivity contribution >= 4 is 10.0 Å². The van der Waals surface area contributed by atoms with E-state index in [0.29, 0.717) is 5.56 Å². The van der Waals surface area contributed by atoms with Gasteiger partial charge in [0.25, 0.3) is 0 Å². The number of rotatable bonds is 4. The van der Waals surface area contributed by atoms with Crippen LogP contribution in [0, 0.1) is 22.7 Å². The lowest BCUT2D eigenvalue weighted by atomic mass is 10.2. The SMILES string of the molecule is N#CCN(C1CCCC1)S(=O)(=O)c1cccc(C#N)c1. The van der Waals surface area contributed by atoms with E-state index in [1.807, 2.05) is 12.1 Å². The van der Waals surface area contributed by atoms with E-state index in [1.54, 1.807) is 12.1 Å². The van der Waals surface area contributed by atoms with Crippen LogP contribution >= 0.6 is 0 Å². The Kier molecular flexibility index (Phi) is 4.39. The van der Waals surface area contributed by atoms with Crippen LogP contribution in [0.25, 0.3) is 0 Å². The molecule has 1 saturated carbocycles. The van der Waals surface area contributed by atoms with Crippen LogP contribution in [0.5, 0.6) is 0 Å². The van der Waals surface area contributed by atoms with Gasteiger partial charge in [0.15, 0.2) is 0 Å². The van der Waals surface area contributed by atoms with Crippen molar-refractivity contribution in [3.63, 3.8) is 0 Å². The fraction of sp³-hybridized carbons (Fsp3) is 0.429. The molecule has 1 aromatic carbocycles. The van der Waals surface area contributed by atoms with Gasteiger partial charge in [-0.2, -0.15) is 14.8 Å². The third-order valence-electron chi connectivity index (χ3n) is 3.53. The van der Waals surface area contributed by atoms with Gasteiger partial charge >= 0.3 is 0 Å². The van der Waals surface area contributed by atoms with E-state index in [0.717, 1.165) is 25.7 Å². The predicted octanol–water partition coefficient (Wildman–Crippen LogP) is 2.02. The molecule has 0 heterocycles. The molecule has 1 aliphatic rings. The summed E-state index contributed by atoms with van der Waals surface area (Å²) >= 11 is 0. The fourth-order valence-corrected chi connectivity index (χ4v) is 4.16. The highest BCUT2D eigenvalue weighted by Crippen LogP contribution is 2.28. The Balaban J connectivity index is 2.39. The Labute approximate surface area is 119 Å². The summed E-state index contributed by atoms with van der Waals surface area (Å²) in [5, 5.41) is 17.8. The van der Waals surface area contributed by atoms with Gasteiger partial charge in [0, 0.05) is 6.04 Å². The highest BCUT2D eigenvalue weighted by Gasteiger charge is 2.33. The van der Waals surface area contributed by atoms with Gasteiger partial charge in [0.1, 0.15) is 6.54 Å². The summed E-state index contributed by atoms with van der Waals surface area (Å²) < 4.78 is 26.6. The molecule has 1 fully saturated rings. The lowest BCUT2D eigenvalue weighted by Crippen LogP contribution is -2.39. The van der Waals surface area contributed by atoms with Crippen LogP contribution in [-0.4, -0.2) is 25.3 Å². The Morgan fingerprint density at radius 3 is 2.55 bits per heavy atom. The van der Waals surface area contributed by atoms with Crippen molar-refractivity contribution in [2.24, 2.45) is 0 Å². The van der Waals surface area contributed by atoms with Gasteiger partial charge in [0.05, 0.1) is 22.6 Å². The number of nitrogens with zero attached hydrogens (tertiary/aromatic N) is 3. The molecular formula is C14H15N3O2S. The number of nitriles is 2. The molecule has 104 valence electrons. The van der Waals surface area contributed by atoms with Gasteiger partial charge < -0.3 is 0 Å². The fourth-order valence-electron chi connectivity index (χ4n) is 2.53. The molecular weight excluding hydrogens is 274 g/mol. The summed E-state index contributed by atoms with van der Waals surface area (Å²) in [6.45, 7) is -0.149. The molecule has 0 bridgehead atoms. The minimum atomic E-state index is -3.72. The van der Waals surface area contributed by atoms with E-state index >= 15 is 0 Å². The number of benzene rings is 1. The molecule has 0 amide bonds. The Hall–Kier alpha value is -1.89. The smallest absolute Gasteiger partial charge is 0.207 e. The zero-order valence-corrected chi connectivity index (χ0v) is 11.8. The third-order valence-corrected chi connectivity index (χ3v) is 5.42. The van der Waals surface area contributed by atoms with Crippen molar-refractivity contribution in [3.05, 3.63) is 29.8 Å². The summed E-state index contributed by atoms with van der Waals surface area (Å²) in [6.07, 6.45) is 3.55. The van der Waals surface area contributed by atoms with Crippen molar-refractivity contribution in [2.75, 3.05) is 6.54 Å². The molecule has 1 aromatic rings. The molecule has 0 saturated heterocycles. The predicted molar refractivity (Wildman–Crippen MR) is 72.9 cm³/mol. The van der Waals surface area contributed by atoms with Crippen LogP contribution in [0.15, 0.2) is 29.2 Å². The van der Waals surface area contributed by atoms with Crippen LogP contribution in [0.2, 0.25) is 0 Å². The first kappa shape index (κ1) is 14.5. The number of hydrogen-bond acceptors (Lipinski definition) is 4. The van der Waals surface area contributed by atoms with Gasteiger partial charge in [-0.3, -0.25) is 0 Å². The molecule has 1 aliphatic carbocycles. The zero-order valence-electron chi connectivity index (χ0n) is 11.0. The lowest BCUT2D eigenvalue weighted by Gasteiger charge is -2.25. The second-order valence-corrected chi connectivity index (χ2v) is 6.68. The van der Waals surface area contributed by atoms with Gasteiger partial charge in [0.2, 0.25) is 10.0 Å². The highest BCUT2D eigenvalue weighted by molar-refractivity contribution is 7.89. The lowest BCUT2D eigenvalue weighted by molar-refractivity contribution is 0.350. The Morgan fingerprint density at radius 1 is 1.25 bits per heavy atom. The van der Waals surface area contributed by atoms with Gasteiger partial charge in [-0.25, -0.2) is 8.42 Å². The maximum absolute atomic E-state index is 12.6. The Bertz CT molecular complexity index is 664. The highest BCUT2D eigenvalue weighted by atomic mass is 32.2. The average Bonchev–Trinajstić information content (AvgIpc) is 2.98. The van der Waals surface area contributed by atoms with E-state index in [-0.39, 0.29) is 17.5 Å². The molecule has 6 heteroatoms. The molecule has 0 atom stereocenters. The summed E-state index contributed by atoms with van der Waals surface area (Å²) in [6, 6.07) is 9.69. The first-order valence-corrected chi connectivity index (χ1v) is 7.92. The normalized spacial score (nSPS) is 15.9. The molecule has 5 nitrogen and oxygen atoms in total. The minimum absolute atomic E-state index is 0.0821. The molecule has 0 aromatic heterocycles. The monoisotopic (exact) mass is 289 g/mol. The van der Waals surface area contributed by atoms with E-state index in [2.05, 4.69) is 0 Å².